The first-order chi connectivity index (χ1) is 8.69. The van der Waals surface area contributed by atoms with Crippen molar-refractivity contribution in [3.8, 4) is 22.9 Å². The van der Waals surface area contributed by atoms with E-state index >= 15 is 0 Å². The highest BCUT2D eigenvalue weighted by Gasteiger charge is 2.14. The van der Waals surface area contributed by atoms with Crippen molar-refractivity contribution in [1.82, 2.24) is 15.2 Å². The number of ether oxygens (including phenoxy) is 2. The van der Waals surface area contributed by atoms with Gasteiger partial charge in [-0.05, 0) is 24.6 Å². The molecule has 0 aliphatic rings. The van der Waals surface area contributed by atoms with Crippen LogP contribution < -0.4 is 15.2 Å². The number of aromatic nitrogens is 3. The van der Waals surface area contributed by atoms with E-state index in [2.05, 4.69) is 15.2 Å². The molecule has 0 bridgehead atoms. The first-order valence-electron chi connectivity index (χ1n) is 5.54. The lowest BCUT2D eigenvalue weighted by Crippen LogP contribution is -1.98. The van der Waals surface area contributed by atoms with Crippen LogP contribution >= 0.6 is 0 Å². The minimum absolute atomic E-state index is 0.318. The Kier molecular flexibility index (Phi) is 3.47. The van der Waals surface area contributed by atoms with Crippen LogP contribution in [0.1, 0.15) is 11.4 Å². The van der Waals surface area contributed by atoms with Gasteiger partial charge in [0.05, 0.1) is 26.3 Å². The van der Waals surface area contributed by atoms with Gasteiger partial charge >= 0.3 is 0 Å². The van der Waals surface area contributed by atoms with Crippen molar-refractivity contribution in [2.45, 2.75) is 13.5 Å². The van der Waals surface area contributed by atoms with E-state index in [1.54, 1.807) is 14.2 Å². The van der Waals surface area contributed by atoms with Crippen LogP contribution in [0.15, 0.2) is 12.1 Å². The average molecular weight is 248 g/mol. The first kappa shape index (κ1) is 12.4. The molecule has 18 heavy (non-hydrogen) atoms. The maximum absolute atomic E-state index is 5.50. The molecule has 0 radical (unpaired) electrons. The lowest BCUT2D eigenvalue weighted by atomic mass is 10.1. The zero-order chi connectivity index (χ0) is 13.1. The Morgan fingerprint density at radius 3 is 2.50 bits per heavy atom. The van der Waals surface area contributed by atoms with E-state index in [9.17, 15) is 0 Å². The Morgan fingerprint density at radius 1 is 1.22 bits per heavy atom. The van der Waals surface area contributed by atoms with Crippen molar-refractivity contribution in [2.24, 2.45) is 5.73 Å². The predicted molar refractivity (Wildman–Crippen MR) is 67.6 cm³/mol. The average Bonchev–Trinajstić information content (AvgIpc) is 2.87. The fourth-order valence-corrected chi connectivity index (χ4v) is 1.73. The van der Waals surface area contributed by atoms with E-state index in [1.165, 1.54) is 0 Å². The van der Waals surface area contributed by atoms with Crippen LogP contribution in [-0.4, -0.2) is 29.4 Å². The van der Waals surface area contributed by atoms with Gasteiger partial charge in [-0.3, -0.25) is 5.10 Å². The third-order valence-corrected chi connectivity index (χ3v) is 2.68. The number of methoxy groups -OCH3 is 2. The molecule has 0 amide bonds. The van der Waals surface area contributed by atoms with E-state index in [0.717, 1.165) is 16.9 Å². The number of hydrogen-bond acceptors (Lipinski definition) is 5. The SMILES string of the molecule is COc1cc(-c2n[nH]c(CN)n2)c(OC)cc1C. The highest BCUT2D eigenvalue weighted by Crippen LogP contribution is 2.33. The minimum atomic E-state index is 0.318. The molecule has 1 heterocycles. The number of H-pyrrole nitrogens is 1. The smallest absolute Gasteiger partial charge is 0.185 e. The molecule has 0 spiro atoms. The molecule has 6 nitrogen and oxygen atoms in total. The molecule has 0 aliphatic carbocycles. The number of aryl methyl sites for hydroxylation is 1. The van der Waals surface area contributed by atoms with Gasteiger partial charge in [0.2, 0.25) is 0 Å². The van der Waals surface area contributed by atoms with E-state index in [1.807, 2.05) is 19.1 Å². The zero-order valence-corrected chi connectivity index (χ0v) is 10.7. The van der Waals surface area contributed by atoms with Gasteiger partial charge in [-0.25, -0.2) is 4.98 Å². The number of benzene rings is 1. The first-order valence-corrected chi connectivity index (χ1v) is 5.54. The summed E-state index contributed by atoms with van der Waals surface area (Å²) in [6.45, 7) is 2.27. The summed E-state index contributed by atoms with van der Waals surface area (Å²) < 4.78 is 10.6. The van der Waals surface area contributed by atoms with Crippen LogP contribution in [-0.2, 0) is 6.54 Å². The molecule has 0 aliphatic heterocycles. The van der Waals surface area contributed by atoms with Crippen LogP contribution in [0.5, 0.6) is 11.5 Å². The van der Waals surface area contributed by atoms with E-state index < -0.39 is 0 Å². The normalized spacial score (nSPS) is 10.4. The molecule has 1 aromatic heterocycles. The van der Waals surface area contributed by atoms with Crippen molar-refractivity contribution in [3.63, 3.8) is 0 Å². The Hall–Kier alpha value is -2.08. The summed E-state index contributed by atoms with van der Waals surface area (Å²) in [5, 5.41) is 6.89. The van der Waals surface area contributed by atoms with Gasteiger partial charge in [-0.15, -0.1) is 0 Å². The lowest BCUT2D eigenvalue weighted by Gasteiger charge is -2.10. The Labute approximate surface area is 105 Å². The standard InChI is InChI=1S/C12H16N4O2/c1-7-4-10(18-3)8(5-9(7)17-2)12-14-11(6-13)15-16-12/h4-5H,6,13H2,1-3H3,(H,14,15,16). The lowest BCUT2D eigenvalue weighted by molar-refractivity contribution is 0.401. The molecular weight excluding hydrogens is 232 g/mol. The van der Waals surface area contributed by atoms with E-state index in [-0.39, 0.29) is 0 Å². The van der Waals surface area contributed by atoms with Crippen molar-refractivity contribution in [1.29, 1.82) is 0 Å². The number of hydrogen-bond donors (Lipinski definition) is 2. The molecule has 2 rings (SSSR count). The van der Waals surface area contributed by atoms with Crippen LogP contribution in [0, 0.1) is 6.92 Å². The summed E-state index contributed by atoms with van der Waals surface area (Å²) in [6, 6.07) is 3.75. The van der Waals surface area contributed by atoms with Crippen molar-refractivity contribution in [3.05, 3.63) is 23.5 Å². The monoisotopic (exact) mass is 248 g/mol. The van der Waals surface area contributed by atoms with E-state index in [0.29, 0.717) is 23.9 Å². The number of nitrogens with one attached hydrogen (secondary N) is 1. The summed E-state index contributed by atoms with van der Waals surface area (Å²) in [5.41, 5.74) is 7.27. The molecule has 1 aromatic carbocycles. The van der Waals surface area contributed by atoms with Crippen LogP contribution in [0.25, 0.3) is 11.4 Å². The minimum Gasteiger partial charge on any atom is -0.496 e. The maximum Gasteiger partial charge on any atom is 0.185 e. The van der Waals surface area contributed by atoms with Gasteiger partial charge in [-0.1, -0.05) is 0 Å². The predicted octanol–water partition coefficient (Wildman–Crippen LogP) is 1.26. The van der Waals surface area contributed by atoms with E-state index in [4.69, 9.17) is 15.2 Å². The Bertz CT molecular complexity index is 551. The van der Waals surface area contributed by atoms with Gasteiger partial charge in [-0.2, -0.15) is 5.10 Å². The second-order valence-corrected chi connectivity index (χ2v) is 3.83. The van der Waals surface area contributed by atoms with Gasteiger partial charge in [0.15, 0.2) is 5.82 Å². The third kappa shape index (κ3) is 2.14. The maximum atomic E-state index is 5.50. The fourth-order valence-electron chi connectivity index (χ4n) is 1.73. The molecule has 0 saturated heterocycles. The largest absolute Gasteiger partial charge is 0.496 e. The summed E-state index contributed by atoms with van der Waals surface area (Å²) >= 11 is 0. The number of nitrogens with two attached hydrogens (primary N) is 1. The highest BCUT2D eigenvalue weighted by atomic mass is 16.5. The second-order valence-electron chi connectivity index (χ2n) is 3.83. The summed E-state index contributed by atoms with van der Waals surface area (Å²) in [6.07, 6.45) is 0. The van der Waals surface area contributed by atoms with Crippen LogP contribution in [0.4, 0.5) is 0 Å². The quantitative estimate of drug-likeness (QED) is 0.850. The topological polar surface area (TPSA) is 86.0 Å². The van der Waals surface area contributed by atoms with Crippen molar-refractivity contribution >= 4 is 0 Å². The van der Waals surface area contributed by atoms with Crippen molar-refractivity contribution < 1.29 is 9.47 Å². The van der Waals surface area contributed by atoms with Gasteiger partial charge in [0, 0.05) is 0 Å². The molecule has 0 saturated carbocycles. The highest BCUT2D eigenvalue weighted by molar-refractivity contribution is 5.67. The molecular formula is C12H16N4O2. The molecule has 0 unspecified atom stereocenters. The third-order valence-electron chi connectivity index (χ3n) is 2.68. The summed E-state index contributed by atoms with van der Waals surface area (Å²) in [5.74, 6) is 2.65. The van der Waals surface area contributed by atoms with Crippen LogP contribution in [0.3, 0.4) is 0 Å². The second kappa shape index (κ2) is 5.05. The number of rotatable bonds is 4. The summed E-state index contributed by atoms with van der Waals surface area (Å²) in [4.78, 5) is 4.29. The van der Waals surface area contributed by atoms with Gasteiger partial charge in [0.25, 0.3) is 0 Å². The Balaban J connectivity index is 2.54. The van der Waals surface area contributed by atoms with Crippen molar-refractivity contribution in [2.75, 3.05) is 14.2 Å². The molecule has 0 atom stereocenters. The molecule has 96 valence electrons. The summed E-state index contributed by atoms with van der Waals surface area (Å²) in [7, 11) is 3.24. The van der Waals surface area contributed by atoms with Gasteiger partial charge in [0.1, 0.15) is 17.3 Å². The van der Waals surface area contributed by atoms with Crippen LogP contribution in [0.2, 0.25) is 0 Å². The number of aromatic amines is 1. The molecule has 6 heteroatoms. The fraction of sp³-hybridized carbons (Fsp3) is 0.333. The zero-order valence-electron chi connectivity index (χ0n) is 10.7. The molecule has 0 fully saturated rings. The van der Waals surface area contributed by atoms with Gasteiger partial charge < -0.3 is 15.2 Å². The number of nitrogens with zero attached hydrogens (tertiary/aromatic N) is 2. The Morgan fingerprint density at radius 2 is 1.94 bits per heavy atom. The molecule has 3 N–H and O–H groups in total. The molecule has 2 aromatic rings.